The molecule has 0 aliphatic carbocycles. The molecule has 31 heavy (non-hydrogen) atoms. The Hall–Kier alpha value is -4.00. The lowest BCUT2D eigenvalue weighted by Gasteiger charge is -2.13. The molecular weight excluding hydrogens is 394 g/mol. The number of carbonyl (C=O) groups is 1. The standard InChI is InChI=1S/C24H23N3O4/c1-14-6-5-7-15(10-14)16-8-9-18-19(11-16)26-27-23(18)25-24(28)17-12-20(29-2)22(31-4)21(13-17)30-3/h5-13H,1-4H3,(H2,25,26,27,28). The maximum Gasteiger partial charge on any atom is 0.257 e. The van der Waals surface area contributed by atoms with Crippen molar-refractivity contribution in [3.05, 3.63) is 65.7 Å². The van der Waals surface area contributed by atoms with E-state index in [4.69, 9.17) is 14.2 Å². The van der Waals surface area contributed by atoms with Crippen LogP contribution in [0.5, 0.6) is 17.2 Å². The van der Waals surface area contributed by atoms with Crippen LogP contribution in [0.15, 0.2) is 54.6 Å². The number of ether oxygens (including phenoxy) is 3. The average Bonchev–Trinajstić information content (AvgIpc) is 3.19. The monoisotopic (exact) mass is 417 g/mol. The van der Waals surface area contributed by atoms with Crippen LogP contribution in [-0.2, 0) is 0 Å². The highest BCUT2D eigenvalue weighted by Crippen LogP contribution is 2.38. The van der Waals surface area contributed by atoms with Gasteiger partial charge in [-0.25, -0.2) is 0 Å². The fourth-order valence-corrected chi connectivity index (χ4v) is 3.51. The molecular formula is C24H23N3O4. The summed E-state index contributed by atoms with van der Waals surface area (Å²) in [5, 5.41) is 11.0. The number of H-pyrrole nitrogens is 1. The Balaban J connectivity index is 1.64. The van der Waals surface area contributed by atoms with E-state index in [0.29, 0.717) is 28.6 Å². The molecule has 0 bridgehead atoms. The molecule has 0 aliphatic heterocycles. The van der Waals surface area contributed by atoms with Crippen molar-refractivity contribution in [2.75, 3.05) is 26.6 Å². The number of rotatable bonds is 6. The highest BCUT2D eigenvalue weighted by atomic mass is 16.5. The highest BCUT2D eigenvalue weighted by molar-refractivity contribution is 6.08. The second-order valence-corrected chi connectivity index (χ2v) is 7.07. The maximum absolute atomic E-state index is 12.9. The quantitative estimate of drug-likeness (QED) is 0.470. The van der Waals surface area contributed by atoms with E-state index in [2.05, 4.69) is 40.6 Å². The summed E-state index contributed by atoms with van der Waals surface area (Å²) in [7, 11) is 4.53. The number of nitrogens with zero attached hydrogens (tertiary/aromatic N) is 1. The second-order valence-electron chi connectivity index (χ2n) is 7.07. The molecule has 1 heterocycles. The van der Waals surface area contributed by atoms with E-state index in [9.17, 15) is 4.79 Å². The van der Waals surface area contributed by atoms with E-state index in [1.807, 2.05) is 24.3 Å². The van der Waals surface area contributed by atoms with Gasteiger partial charge in [0, 0.05) is 10.9 Å². The molecule has 0 aliphatic rings. The second kappa shape index (κ2) is 8.39. The third-order valence-electron chi connectivity index (χ3n) is 5.07. The summed E-state index contributed by atoms with van der Waals surface area (Å²) >= 11 is 0. The SMILES string of the molecule is COc1cc(C(=O)Nc2n[nH]c3cc(-c4cccc(C)c4)ccc23)cc(OC)c1OC. The van der Waals surface area contributed by atoms with Gasteiger partial charge in [0.1, 0.15) is 0 Å². The largest absolute Gasteiger partial charge is 0.493 e. The molecule has 0 saturated carbocycles. The lowest BCUT2D eigenvalue weighted by Crippen LogP contribution is -2.13. The summed E-state index contributed by atoms with van der Waals surface area (Å²) in [6, 6.07) is 17.5. The average molecular weight is 417 g/mol. The van der Waals surface area contributed by atoms with Crippen molar-refractivity contribution < 1.29 is 19.0 Å². The number of carbonyl (C=O) groups excluding carboxylic acids is 1. The summed E-state index contributed by atoms with van der Waals surface area (Å²) in [6.45, 7) is 2.06. The third-order valence-corrected chi connectivity index (χ3v) is 5.07. The molecule has 1 amide bonds. The van der Waals surface area contributed by atoms with Crippen LogP contribution in [0, 0.1) is 6.92 Å². The number of amides is 1. The van der Waals surface area contributed by atoms with Crippen LogP contribution in [-0.4, -0.2) is 37.4 Å². The van der Waals surface area contributed by atoms with Crippen molar-refractivity contribution in [3.8, 4) is 28.4 Å². The van der Waals surface area contributed by atoms with E-state index >= 15 is 0 Å². The first-order valence-corrected chi connectivity index (χ1v) is 9.70. The van der Waals surface area contributed by atoms with Crippen LogP contribution >= 0.6 is 0 Å². The normalized spacial score (nSPS) is 10.7. The van der Waals surface area contributed by atoms with E-state index in [1.54, 1.807) is 12.1 Å². The first kappa shape index (κ1) is 20.3. The molecule has 0 saturated heterocycles. The van der Waals surface area contributed by atoms with E-state index in [1.165, 1.54) is 26.9 Å². The van der Waals surface area contributed by atoms with Crippen molar-refractivity contribution in [3.63, 3.8) is 0 Å². The summed E-state index contributed by atoms with van der Waals surface area (Å²) in [5.74, 6) is 1.35. The predicted molar refractivity (Wildman–Crippen MR) is 120 cm³/mol. The van der Waals surface area contributed by atoms with Gasteiger partial charge in [0.2, 0.25) is 5.75 Å². The number of benzene rings is 3. The zero-order valence-corrected chi connectivity index (χ0v) is 17.8. The minimum atomic E-state index is -0.338. The molecule has 2 N–H and O–H groups in total. The number of methoxy groups -OCH3 is 3. The maximum atomic E-state index is 12.9. The smallest absolute Gasteiger partial charge is 0.257 e. The number of fused-ring (bicyclic) bond motifs is 1. The highest BCUT2D eigenvalue weighted by Gasteiger charge is 2.18. The fraction of sp³-hybridized carbons (Fsp3) is 0.167. The van der Waals surface area contributed by atoms with Gasteiger partial charge in [0.05, 0.1) is 26.8 Å². The van der Waals surface area contributed by atoms with Crippen molar-refractivity contribution in [1.29, 1.82) is 0 Å². The van der Waals surface area contributed by atoms with Gasteiger partial charge in [0.15, 0.2) is 17.3 Å². The van der Waals surface area contributed by atoms with Gasteiger partial charge < -0.3 is 19.5 Å². The molecule has 0 fully saturated rings. The molecule has 1 aromatic heterocycles. The van der Waals surface area contributed by atoms with E-state index < -0.39 is 0 Å². The van der Waals surface area contributed by atoms with E-state index in [0.717, 1.165) is 22.0 Å². The number of hydrogen-bond donors (Lipinski definition) is 2. The predicted octanol–water partition coefficient (Wildman–Crippen LogP) is 4.82. The third kappa shape index (κ3) is 3.90. The Bertz CT molecular complexity index is 1240. The van der Waals surface area contributed by atoms with Crippen molar-refractivity contribution in [1.82, 2.24) is 10.2 Å². The number of aromatic nitrogens is 2. The minimum Gasteiger partial charge on any atom is -0.493 e. The van der Waals surface area contributed by atoms with Crippen LogP contribution in [0.25, 0.3) is 22.0 Å². The summed E-state index contributed by atoms with van der Waals surface area (Å²) in [4.78, 5) is 12.9. The fourth-order valence-electron chi connectivity index (χ4n) is 3.51. The molecule has 7 nitrogen and oxygen atoms in total. The number of aromatic amines is 1. The Labute approximate surface area is 180 Å². The van der Waals surface area contributed by atoms with Crippen molar-refractivity contribution >= 4 is 22.6 Å². The van der Waals surface area contributed by atoms with Gasteiger partial charge >= 0.3 is 0 Å². The van der Waals surface area contributed by atoms with Crippen LogP contribution in [0.2, 0.25) is 0 Å². The van der Waals surface area contributed by atoms with Gasteiger partial charge in [0.25, 0.3) is 5.91 Å². The number of hydrogen-bond acceptors (Lipinski definition) is 5. The molecule has 3 aromatic carbocycles. The van der Waals surface area contributed by atoms with E-state index in [-0.39, 0.29) is 5.91 Å². The zero-order chi connectivity index (χ0) is 22.0. The summed E-state index contributed by atoms with van der Waals surface area (Å²) in [6.07, 6.45) is 0. The van der Waals surface area contributed by atoms with Gasteiger partial charge in [-0.15, -0.1) is 0 Å². The lowest BCUT2D eigenvalue weighted by molar-refractivity contribution is 0.102. The van der Waals surface area contributed by atoms with Crippen molar-refractivity contribution in [2.24, 2.45) is 0 Å². The van der Waals surface area contributed by atoms with Gasteiger partial charge in [-0.1, -0.05) is 35.9 Å². The van der Waals surface area contributed by atoms with Crippen LogP contribution in [0.1, 0.15) is 15.9 Å². The molecule has 0 atom stereocenters. The summed E-state index contributed by atoms with van der Waals surface area (Å²) in [5.41, 5.74) is 4.59. The Morgan fingerprint density at radius 2 is 1.61 bits per heavy atom. The number of aryl methyl sites for hydroxylation is 1. The van der Waals surface area contributed by atoms with Crippen LogP contribution < -0.4 is 19.5 Å². The molecule has 158 valence electrons. The first-order chi connectivity index (χ1) is 15.0. The molecule has 7 heteroatoms. The Morgan fingerprint density at radius 3 is 2.26 bits per heavy atom. The zero-order valence-electron chi connectivity index (χ0n) is 17.8. The number of anilines is 1. The molecule has 4 aromatic rings. The lowest BCUT2D eigenvalue weighted by atomic mass is 10.0. The molecule has 0 unspecified atom stereocenters. The topological polar surface area (TPSA) is 85.5 Å². The van der Waals surface area contributed by atoms with Gasteiger partial charge in [-0.3, -0.25) is 9.89 Å². The Kier molecular flexibility index (Phi) is 5.49. The molecule has 0 spiro atoms. The van der Waals surface area contributed by atoms with Gasteiger partial charge in [-0.2, -0.15) is 5.10 Å². The van der Waals surface area contributed by atoms with Crippen LogP contribution in [0.4, 0.5) is 5.82 Å². The molecule has 4 rings (SSSR count). The Morgan fingerprint density at radius 1 is 0.903 bits per heavy atom. The van der Waals surface area contributed by atoms with Crippen LogP contribution in [0.3, 0.4) is 0 Å². The van der Waals surface area contributed by atoms with Crippen molar-refractivity contribution in [2.45, 2.75) is 6.92 Å². The number of nitrogens with one attached hydrogen (secondary N) is 2. The summed E-state index contributed by atoms with van der Waals surface area (Å²) < 4.78 is 16.0. The molecule has 0 radical (unpaired) electrons. The van der Waals surface area contributed by atoms with Gasteiger partial charge in [-0.05, 0) is 42.3 Å². The first-order valence-electron chi connectivity index (χ1n) is 9.70. The minimum absolute atomic E-state index is 0.338.